The first kappa shape index (κ1) is 9.71. The molecule has 0 radical (unpaired) electrons. The minimum Gasteiger partial charge on any atom is -0.326 e. The SMILES string of the molecule is Cc1cc(Nc2nccn2C)ccc1F. The molecule has 0 unspecified atom stereocenters. The molecule has 0 amide bonds. The molecule has 15 heavy (non-hydrogen) atoms. The number of halogens is 1. The molecule has 0 aliphatic heterocycles. The molecule has 0 saturated carbocycles. The minimum atomic E-state index is -0.194. The van der Waals surface area contributed by atoms with Gasteiger partial charge >= 0.3 is 0 Å². The topological polar surface area (TPSA) is 29.9 Å². The Hall–Kier alpha value is -1.84. The van der Waals surface area contributed by atoms with Crippen LogP contribution in [0.4, 0.5) is 16.0 Å². The molecule has 0 spiro atoms. The summed E-state index contributed by atoms with van der Waals surface area (Å²) < 4.78 is 14.9. The summed E-state index contributed by atoms with van der Waals surface area (Å²) in [6.07, 6.45) is 3.55. The molecule has 2 rings (SSSR count). The van der Waals surface area contributed by atoms with Crippen molar-refractivity contribution in [3.63, 3.8) is 0 Å². The number of hydrogen-bond acceptors (Lipinski definition) is 2. The van der Waals surface area contributed by atoms with Gasteiger partial charge in [0.15, 0.2) is 0 Å². The number of aryl methyl sites for hydroxylation is 2. The smallest absolute Gasteiger partial charge is 0.207 e. The highest BCUT2D eigenvalue weighted by atomic mass is 19.1. The van der Waals surface area contributed by atoms with Crippen LogP contribution in [0, 0.1) is 12.7 Å². The van der Waals surface area contributed by atoms with E-state index in [1.54, 1.807) is 25.3 Å². The van der Waals surface area contributed by atoms with E-state index < -0.39 is 0 Å². The summed E-state index contributed by atoms with van der Waals surface area (Å²) in [5.41, 5.74) is 1.46. The number of nitrogens with one attached hydrogen (secondary N) is 1. The highest BCUT2D eigenvalue weighted by Crippen LogP contribution is 2.17. The average Bonchev–Trinajstić information content (AvgIpc) is 2.59. The molecular weight excluding hydrogens is 193 g/mol. The summed E-state index contributed by atoms with van der Waals surface area (Å²) >= 11 is 0. The van der Waals surface area contributed by atoms with Crippen LogP contribution < -0.4 is 5.32 Å². The Bertz CT molecular complexity index is 476. The van der Waals surface area contributed by atoms with Crippen molar-refractivity contribution in [1.29, 1.82) is 0 Å². The van der Waals surface area contributed by atoms with E-state index in [9.17, 15) is 4.39 Å². The number of rotatable bonds is 2. The number of benzene rings is 1. The molecule has 2 aromatic rings. The first-order chi connectivity index (χ1) is 7.16. The van der Waals surface area contributed by atoms with Crippen LogP contribution in [0.5, 0.6) is 0 Å². The van der Waals surface area contributed by atoms with E-state index in [1.807, 2.05) is 17.8 Å². The molecule has 0 fully saturated rings. The predicted molar refractivity (Wildman–Crippen MR) is 57.6 cm³/mol. The predicted octanol–water partition coefficient (Wildman–Crippen LogP) is 2.61. The third-order valence-corrected chi connectivity index (χ3v) is 2.24. The summed E-state index contributed by atoms with van der Waals surface area (Å²) in [6.45, 7) is 1.74. The molecule has 1 N–H and O–H groups in total. The lowest BCUT2D eigenvalue weighted by atomic mass is 10.2. The van der Waals surface area contributed by atoms with Gasteiger partial charge < -0.3 is 9.88 Å². The number of aromatic nitrogens is 2. The number of imidazole rings is 1. The molecule has 1 aromatic heterocycles. The largest absolute Gasteiger partial charge is 0.326 e. The zero-order chi connectivity index (χ0) is 10.8. The van der Waals surface area contributed by atoms with Crippen LogP contribution in [0.15, 0.2) is 30.6 Å². The van der Waals surface area contributed by atoms with Gasteiger partial charge in [-0.1, -0.05) is 0 Å². The van der Waals surface area contributed by atoms with Crippen LogP contribution in [0.3, 0.4) is 0 Å². The van der Waals surface area contributed by atoms with Crippen molar-refractivity contribution in [3.05, 3.63) is 42.0 Å². The fourth-order valence-corrected chi connectivity index (χ4v) is 1.34. The van der Waals surface area contributed by atoms with Crippen LogP contribution >= 0.6 is 0 Å². The van der Waals surface area contributed by atoms with Crippen molar-refractivity contribution in [3.8, 4) is 0 Å². The van der Waals surface area contributed by atoms with Crippen LogP contribution in [0.2, 0.25) is 0 Å². The van der Waals surface area contributed by atoms with Gasteiger partial charge in [0, 0.05) is 25.1 Å². The van der Waals surface area contributed by atoms with E-state index in [2.05, 4.69) is 10.3 Å². The highest BCUT2D eigenvalue weighted by molar-refractivity contribution is 5.54. The second-order valence-electron chi connectivity index (χ2n) is 3.45. The molecule has 78 valence electrons. The van der Waals surface area contributed by atoms with Gasteiger partial charge in [-0.15, -0.1) is 0 Å². The minimum absolute atomic E-state index is 0.194. The molecule has 0 saturated heterocycles. The Labute approximate surface area is 87.6 Å². The molecule has 0 aliphatic carbocycles. The fraction of sp³-hybridized carbons (Fsp3) is 0.182. The fourth-order valence-electron chi connectivity index (χ4n) is 1.34. The van der Waals surface area contributed by atoms with Gasteiger partial charge in [0.25, 0.3) is 0 Å². The van der Waals surface area contributed by atoms with Gasteiger partial charge in [-0.25, -0.2) is 9.37 Å². The Balaban J connectivity index is 2.25. The normalized spacial score (nSPS) is 10.3. The van der Waals surface area contributed by atoms with E-state index in [-0.39, 0.29) is 5.82 Å². The summed E-state index contributed by atoms with van der Waals surface area (Å²) in [6, 6.07) is 4.89. The molecule has 4 heteroatoms. The van der Waals surface area contributed by atoms with Gasteiger partial charge in [-0.3, -0.25) is 0 Å². The lowest BCUT2D eigenvalue weighted by molar-refractivity contribution is 0.619. The van der Waals surface area contributed by atoms with E-state index in [0.29, 0.717) is 5.56 Å². The van der Waals surface area contributed by atoms with Crippen molar-refractivity contribution < 1.29 is 4.39 Å². The van der Waals surface area contributed by atoms with Crippen molar-refractivity contribution in [2.24, 2.45) is 7.05 Å². The molecule has 1 heterocycles. The maximum Gasteiger partial charge on any atom is 0.207 e. The highest BCUT2D eigenvalue weighted by Gasteiger charge is 2.01. The van der Waals surface area contributed by atoms with Crippen LogP contribution in [0.1, 0.15) is 5.56 Å². The van der Waals surface area contributed by atoms with Gasteiger partial charge in [-0.05, 0) is 30.7 Å². The zero-order valence-corrected chi connectivity index (χ0v) is 8.66. The Morgan fingerprint density at radius 2 is 2.20 bits per heavy atom. The van der Waals surface area contributed by atoms with Crippen LogP contribution in [-0.2, 0) is 7.05 Å². The van der Waals surface area contributed by atoms with E-state index in [1.165, 1.54) is 6.07 Å². The Morgan fingerprint density at radius 1 is 1.40 bits per heavy atom. The first-order valence-electron chi connectivity index (χ1n) is 4.67. The van der Waals surface area contributed by atoms with Crippen LogP contribution in [-0.4, -0.2) is 9.55 Å². The van der Waals surface area contributed by atoms with E-state index in [4.69, 9.17) is 0 Å². The molecule has 0 bridgehead atoms. The second-order valence-corrected chi connectivity index (χ2v) is 3.45. The molecule has 3 nitrogen and oxygen atoms in total. The number of anilines is 2. The van der Waals surface area contributed by atoms with Crippen molar-refractivity contribution >= 4 is 11.6 Å². The van der Waals surface area contributed by atoms with Crippen molar-refractivity contribution in [2.45, 2.75) is 6.92 Å². The lowest BCUT2D eigenvalue weighted by Crippen LogP contribution is -1.99. The summed E-state index contributed by atoms with van der Waals surface area (Å²) in [5.74, 6) is 0.543. The molecule has 0 atom stereocenters. The van der Waals surface area contributed by atoms with Gasteiger partial charge in [0.1, 0.15) is 5.82 Å². The van der Waals surface area contributed by atoms with Gasteiger partial charge in [-0.2, -0.15) is 0 Å². The van der Waals surface area contributed by atoms with E-state index in [0.717, 1.165) is 11.6 Å². The number of hydrogen-bond donors (Lipinski definition) is 1. The van der Waals surface area contributed by atoms with Crippen molar-refractivity contribution in [2.75, 3.05) is 5.32 Å². The maximum absolute atomic E-state index is 13.0. The molecular formula is C11H12FN3. The summed E-state index contributed by atoms with van der Waals surface area (Å²) in [4.78, 5) is 4.12. The third kappa shape index (κ3) is 1.98. The summed E-state index contributed by atoms with van der Waals surface area (Å²) in [7, 11) is 1.89. The van der Waals surface area contributed by atoms with Gasteiger partial charge in [0.2, 0.25) is 5.95 Å². The Morgan fingerprint density at radius 3 is 2.80 bits per heavy atom. The third-order valence-electron chi connectivity index (χ3n) is 2.24. The van der Waals surface area contributed by atoms with Crippen molar-refractivity contribution in [1.82, 2.24) is 9.55 Å². The number of nitrogens with zero attached hydrogens (tertiary/aromatic N) is 2. The zero-order valence-electron chi connectivity index (χ0n) is 8.66. The lowest BCUT2D eigenvalue weighted by Gasteiger charge is -2.06. The van der Waals surface area contributed by atoms with Gasteiger partial charge in [0.05, 0.1) is 0 Å². The van der Waals surface area contributed by atoms with Crippen LogP contribution in [0.25, 0.3) is 0 Å². The molecule has 1 aromatic carbocycles. The van der Waals surface area contributed by atoms with E-state index >= 15 is 0 Å². The average molecular weight is 205 g/mol. The monoisotopic (exact) mass is 205 g/mol. The Kier molecular flexibility index (Phi) is 2.41. The molecule has 0 aliphatic rings. The standard InChI is InChI=1S/C11H12FN3/c1-8-7-9(3-4-10(8)12)14-11-13-5-6-15(11)2/h3-7H,1-2H3,(H,13,14). The maximum atomic E-state index is 13.0. The summed E-state index contributed by atoms with van der Waals surface area (Å²) in [5, 5.41) is 3.11. The quantitative estimate of drug-likeness (QED) is 0.816. The second kappa shape index (κ2) is 3.73. The first-order valence-corrected chi connectivity index (χ1v) is 4.67.